The van der Waals surface area contributed by atoms with Crippen LogP contribution in [0.15, 0.2) is 52.5 Å². The van der Waals surface area contributed by atoms with Gasteiger partial charge in [0.25, 0.3) is 0 Å². The lowest BCUT2D eigenvalue weighted by Crippen LogP contribution is -2.21. The van der Waals surface area contributed by atoms with Crippen LogP contribution in [-0.2, 0) is 17.9 Å². The van der Waals surface area contributed by atoms with Crippen LogP contribution in [0.5, 0.6) is 0 Å². The number of rotatable bonds is 6. The van der Waals surface area contributed by atoms with E-state index in [-0.39, 0.29) is 12.5 Å². The monoisotopic (exact) mass is 381 g/mol. The van der Waals surface area contributed by atoms with Gasteiger partial charge in [-0.15, -0.1) is 11.3 Å². The standard InChI is InChI=1S/C19H19N5O2S/c1-13-10-23(22-19(13)16-4-3-9-27-16)12-18(25)21-17-7-8-20-24(17)11-15-6-5-14(2)26-15/h3-10H,11-12H2,1-2H3,(H,21,25). The van der Waals surface area contributed by atoms with Gasteiger partial charge in [0.05, 0.1) is 11.1 Å². The Morgan fingerprint density at radius 3 is 2.89 bits per heavy atom. The maximum atomic E-state index is 12.5. The zero-order valence-electron chi connectivity index (χ0n) is 15.0. The number of aromatic nitrogens is 4. The highest BCUT2D eigenvalue weighted by molar-refractivity contribution is 7.13. The number of hydrogen-bond donors (Lipinski definition) is 1. The van der Waals surface area contributed by atoms with Crippen molar-refractivity contribution in [2.45, 2.75) is 26.9 Å². The number of nitrogens with zero attached hydrogens (tertiary/aromatic N) is 4. The molecular formula is C19H19N5O2S. The van der Waals surface area contributed by atoms with E-state index >= 15 is 0 Å². The molecule has 0 aliphatic heterocycles. The molecule has 0 saturated carbocycles. The molecule has 7 nitrogen and oxygen atoms in total. The van der Waals surface area contributed by atoms with E-state index in [1.54, 1.807) is 33.0 Å². The van der Waals surface area contributed by atoms with Crippen molar-refractivity contribution >= 4 is 23.1 Å². The molecular weight excluding hydrogens is 362 g/mol. The number of carbonyl (C=O) groups is 1. The molecule has 8 heteroatoms. The Balaban J connectivity index is 1.43. The summed E-state index contributed by atoms with van der Waals surface area (Å²) in [6, 6.07) is 9.59. The van der Waals surface area contributed by atoms with Crippen molar-refractivity contribution in [3.8, 4) is 10.6 Å². The molecule has 0 saturated heterocycles. The van der Waals surface area contributed by atoms with Gasteiger partial charge in [-0.25, -0.2) is 4.68 Å². The first-order valence-corrected chi connectivity index (χ1v) is 9.41. The van der Waals surface area contributed by atoms with Crippen molar-refractivity contribution in [2.75, 3.05) is 5.32 Å². The minimum atomic E-state index is -0.160. The predicted octanol–water partition coefficient (Wildman–Crippen LogP) is 3.70. The van der Waals surface area contributed by atoms with Gasteiger partial charge in [-0.1, -0.05) is 6.07 Å². The quantitative estimate of drug-likeness (QED) is 0.552. The number of anilines is 1. The van der Waals surface area contributed by atoms with Crippen LogP contribution in [-0.4, -0.2) is 25.5 Å². The molecule has 0 unspecified atom stereocenters. The van der Waals surface area contributed by atoms with Crippen LogP contribution in [0.4, 0.5) is 5.82 Å². The summed E-state index contributed by atoms with van der Waals surface area (Å²) in [4.78, 5) is 13.6. The Hall–Kier alpha value is -3.13. The van der Waals surface area contributed by atoms with Crippen LogP contribution in [0.1, 0.15) is 17.1 Å². The smallest absolute Gasteiger partial charge is 0.247 e. The van der Waals surface area contributed by atoms with Crippen molar-refractivity contribution < 1.29 is 9.21 Å². The molecule has 0 bridgehead atoms. The second kappa shape index (κ2) is 7.24. The molecule has 0 atom stereocenters. The predicted molar refractivity (Wildman–Crippen MR) is 104 cm³/mol. The lowest BCUT2D eigenvalue weighted by molar-refractivity contribution is -0.116. The summed E-state index contributed by atoms with van der Waals surface area (Å²) in [6.45, 7) is 4.49. The zero-order chi connectivity index (χ0) is 18.8. The third-order valence-corrected chi connectivity index (χ3v) is 4.97. The van der Waals surface area contributed by atoms with E-state index in [2.05, 4.69) is 15.5 Å². The van der Waals surface area contributed by atoms with Gasteiger partial charge < -0.3 is 9.73 Å². The molecule has 4 aromatic heterocycles. The number of carbonyl (C=O) groups excluding carboxylic acids is 1. The van der Waals surface area contributed by atoms with Crippen molar-refractivity contribution in [1.29, 1.82) is 0 Å². The molecule has 0 spiro atoms. The second-order valence-corrected chi connectivity index (χ2v) is 7.22. The van der Waals surface area contributed by atoms with Crippen LogP contribution in [0, 0.1) is 13.8 Å². The number of aryl methyl sites for hydroxylation is 2. The van der Waals surface area contributed by atoms with Gasteiger partial charge in [0.1, 0.15) is 36.1 Å². The Kier molecular flexibility index (Phi) is 4.64. The van der Waals surface area contributed by atoms with Crippen molar-refractivity contribution in [3.63, 3.8) is 0 Å². The zero-order valence-corrected chi connectivity index (χ0v) is 15.9. The number of furan rings is 1. The number of amides is 1. The summed E-state index contributed by atoms with van der Waals surface area (Å²) in [5, 5.41) is 13.7. The molecule has 0 fully saturated rings. The summed E-state index contributed by atoms with van der Waals surface area (Å²) in [5.74, 6) is 2.09. The van der Waals surface area contributed by atoms with Crippen molar-refractivity contribution in [1.82, 2.24) is 19.6 Å². The molecule has 4 aromatic rings. The first kappa shape index (κ1) is 17.3. The Bertz CT molecular complexity index is 1060. The van der Waals surface area contributed by atoms with E-state index in [0.717, 1.165) is 27.7 Å². The minimum Gasteiger partial charge on any atom is -0.464 e. The summed E-state index contributed by atoms with van der Waals surface area (Å²) < 4.78 is 8.94. The fourth-order valence-corrected chi connectivity index (χ4v) is 3.65. The van der Waals surface area contributed by atoms with Crippen LogP contribution in [0.25, 0.3) is 10.6 Å². The number of thiophene rings is 1. The fourth-order valence-electron chi connectivity index (χ4n) is 2.87. The maximum Gasteiger partial charge on any atom is 0.247 e. The summed E-state index contributed by atoms with van der Waals surface area (Å²) >= 11 is 1.63. The SMILES string of the molecule is Cc1ccc(Cn2nccc2NC(=O)Cn2cc(C)c(-c3cccs3)n2)o1. The molecule has 27 heavy (non-hydrogen) atoms. The summed E-state index contributed by atoms with van der Waals surface area (Å²) in [6.07, 6.45) is 3.54. The molecule has 0 radical (unpaired) electrons. The summed E-state index contributed by atoms with van der Waals surface area (Å²) in [5.41, 5.74) is 1.96. The average Bonchev–Trinajstić information content (AvgIpc) is 3.38. The average molecular weight is 381 g/mol. The summed E-state index contributed by atoms with van der Waals surface area (Å²) in [7, 11) is 0. The highest BCUT2D eigenvalue weighted by Gasteiger charge is 2.13. The minimum absolute atomic E-state index is 0.136. The van der Waals surface area contributed by atoms with E-state index in [0.29, 0.717) is 12.4 Å². The lowest BCUT2D eigenvalue weighted by Gasteiger charge is -2.08. The molecule has 4 rings (SSSR count). The van der Waals surface area contributed by atoms with Gasteiger partial charge in [-0.3, -0.25) is 9.48 Å². The second-order valence-electron chi connectivity index (χ2n) is 6.27. The Morgan fingerprint density at radius 2 is 2.15 bits per heavy atom. The Labute approximate surface area is 160 Å². The van der Waals surface area contributed by atoms with Gasteiger partial charge in [0.2, 0.25) is 5.91 Å². The third-order valence-electron chi connectivity index (χ3n) is 4.09. The first-order valence-electron chi connectivity index (χ1n) is 8.53. The van der Waals surface area contributed by atoms with E-state index in [9.17, 15) is 4.79 Å². The van der Waals surface area contributed by atoms with E-state index in [1.165, 1.54) is 0 Å². The highest BCUT2D eigenvalue weighted by atomic mass is 32.1. The molecule has 1 N–H and O–H groups in total. The molecule has 0 aliphatic rings. The van der Waals surface area contributed by atoms with Gasteiger partial charge >= 0.3 is 0 Å². The van der Waals surface area contributed by atoms with Crippen molar-refractivity contribution in [2.24, 2.45) is 0 Å². The third kappa shape index (κ3) is 3.85. The topological polar surface area (TPSA) is 77.9 Å². The molecule has 0 aromatic carbocycles. The molecule has 4 heterocycles. The van der Waals surface area contributed by atoms with Crippen molar-refractivity contribution in [3.05, 3.63) is 65.2 Å². The van der Waals surface area contributed by atoms with Crippen LogP contribution in [0.3, 0.4) is 0 Å². The van der Waals surface area contributed by atoms with Crippen LogP contribution >= 0.6 is 11.3 Å². The maximum absolute atomic E-state index is 12.5. The van der Waals surface area contributed by atoms with Gasteiger partial charge in [-0.05, 0) is 43.0 Å². The molecule has 1 amide bonds. The first-order chi connectivity index (χ1) is 13.1. The van der Waals surface area contributed by atoms with Gasteiger partial charge in [0.15, 0.2) is 0 Å². The van der Waals surface area contributed by atoms with Crippen LogP contribution in [0.2, 0.25) is 0 Å². The lowest BCUT2D eigenvalue weighted by atomic mass is 10.2. The number of hydrogen-bond acceptors (Lipinski definition) is 5. The van der Waals surface area contributed by atoms with Gasteiger partial charge in [-0.2, -0.15) is 10.2 Å². The van der Waals surface area contributed by atoms with Crippen LogP contribution < -0.4 is 5.32 Å². The highest BCUT2D eigenvalue weighted by Crippen LogP contribution is 2.25. The van der Waals surface area contributed by atoms with Gasteiger partial charge in [0, 0.05) is 12.3 Å². The molecule has 0 aliphatic carbocycles. The van der Waals surface area contributed by atoms with E-state index in [1.807, 2.05) is 49.7 Å². The largest absolute Gasteiger partial charge is 0.464 e. The molecule has 138 valence electrons. The Morgan fingerprint density at radius 1 is 1.26 bits per heavy atom. The normalized spacial score (nSPS) is 11.0. The van der Waals surface area contributed by atoms with E-state index < -0.39 is 0 Å². The fraction of sp³-hybridized carbons (Fsp3) is 0.211. The van der Waals surface area contributed by atoms with E-state index in [4.69, 9.17) is 4.42 Å². The number of nitrogens with one attached hydrogen (secondary N) is 1.